The molecule has 0 aliphatic carbocycles. The molecule has 1 saturated heterocycles. The van der Waals surface area contributed by atoms with Crippen LogP contribution in [-0.2, 0) is 6.42 Å². The van der Waals surface area contributed by atoms with Gasteiger partial charge in [-0.2, -0.15) is 0 Å². The molecular weight excluding hydrogens is 326 g/mol. The summed E-state index contributed by atoms with van der Waals surface area (Å²) < 4.78 is 11.8. The third kappa shape index (κ3) is 4.17. The van der Waals surface area contributed by atoms with E-state index < -0.39 is 0 Å². The van der Waals surface area contributed by atoms with Crippen LogP contribution >= 0.6 is 0 Å². The Morgan fingerprint density at radius 1 is 1.19 bits per heavy atom. The van der Waals surface area contributed by atoms with Gasteiger partial charge in [-0.25, -0.2) is 0 Å². The fourth-order valence-electron chi connectivity index (χ4n) is 4.53. The second-order valence-corrected chi connectivity index (χ2v) is 8.23. The summed E-state index contributed by atoms with van der Waals surface area (Å²) in [6.45, 7) is 12.0. The van der Waals surface area contributed by atoms with Gasteiger partial charge in [-0.05, 0) is 67.7 Å². The Morgan fingerprint density at radius 2 is 1.96 bits per heavy atom. The van der Waals surface area contributed by atoms with Gasteiger partial charge in [-0.15, -0.1) is 0 Å². The minimum Gasteiger partial charge on any atom is -0.490 e. The van der Waals surface area contributed by atoms with Crippen LogP contribution in [0.15, 0.2) is 12.1 Å². The summed E-state index contributed by atoms with van der Waals surface area (Å²) in [7, 11) is 0. The number of aliphatic hydroxyl groups excluding tert-OH is 1. The largest absolute Gasteiger partial charge is 0.490 e. The molecule has 0 radical (unpaired) electrons. The molecule has 26 heavy (non-hydrogen) atoms. The Morgan fingerprint density at radius 3 is 2.65 bits per heavy atom. The zero-order chi connectivity index (χ0) is 18.7. The molecule has 2 heterocycles. The first-order valence-electron chi connectivity index (χ1n) is 10.4. The highest BCUT2D eigenvalue weighted by Gasteiger charge is 2.38. The van der Waals surface area contributed by atoms with Crippen LogP contribution < -0.4 is 9.47 Å². The van der Waals surface area contributed by atoms with Gasteiger partial charge in [-0.1, -0.05) is 20.8 Å². The van der Waals surface area contributed by atoms with Crippen molar-refractivity contribution in [2.45, 2.75) is 65.5 Å². The molecule has 1 fully saturated rings. The van der Waals surface area contributed by atoms with Crippen LogP contribution in [0.1, 0.15) is 64.1 Å². The fraction of sp³-hybridized carbons (Fsp3) is 0.727. The van der Waals surface area contributed by atoms with Gasteiger partial charge in [0.2, 0.25) is 0 Å². The highest BCUT2D eigenvalue weighted by atomic mass is 16.5. The number of benzene rings is 1. The SMILES string of the molecule is CCCOc1cc2c(cc1OCC)CCN1CC(CC(C)C)C(O)CC21. The molecule has 3 rings (SSSR count). The molecule has 1 aromatic carbocycles. The molecule has 0 bridgehead atoms. The number of rotatable bonds is 7. The minimum absolute atomic E-state index is 0.212. The summed E-state index contributed by atoms with van der Waals surface area (Å²) in [5.41, 5.74) is 2.68. The Hall–Kier alpha value is -1.26. The minimum atomic E-state index is -0.212. The molecule has 146 valence electrons. The normalized spacial score (nSPS) is 25.7. The highest BCUT2D eigenvalue weighted by Crippen LogP contribution is 2.43. The van der Waals surface area contributed by atoms with Crippen molar-refractivity contribution >= 4 is 0 Å². The lowest BCUT2D eigenvalue weighted by Gasteiger charge is -2.46. The monoisotopic (exact) mass is 361 g/mol. The summed E-state index contributed by atoms with van der Waals surface area (Å²) in [5, 5.41) is 10.7. The van der Waals surface area contributed by atoms with Crippen molar-refractivity contribution in [3.05, 3.63) is 23.3 Å². The predicted molar refractivity (Wildman–Crippen MR) is 105 cm³/mol. The number of aliphatic hydroxyl groups is 1. The van der Waals surface area contributed by atoms with Gasteiger partial charge in [-0.3, -0.25) is 4.90 Å². The number of nitrogens with zero attached hydrogens (tertiary/aromatic N) is 1. The van der Waals surface area contributed by atoms with Crippen LogP contribution in [0.3, 0.4) is 0 Å². The molecule has 1 aromatic rings. The first-order valence-corrected chi connectivity index (χ1v) is 10.4. The van der Waals surface area contributed by atoms with Crippen LogP contribution in [0.25, 0.3) is 0 Å². The Bertz CT molecular complexity index is 601. The van der Waals surface area contributed by atoms with Crippen molar-refractivity contribution in [1.29, 1.82) is 0 Å². The van der Waals surface area contributed by atoms with E-state index in [9.17, 15) is 5.11 Å². The maximum absolute atomic E-state index is 10.7. The number of hydrogen-bond donors (Lipinski definition) is 1. The maximum atomic E-state index is 10.7. The Labute approximate surface area is 158 Å². The quantitative estimate of drug-likeness (QED) is 0.790. The molecule has 4 heteroatoms. The molecule has 0 aromatic heterocycles. The lowest BCUT2D eigenvalue weighted by molar-refractivity contribution is -0.0192. The summed E-state index contributed by atoms with van der Waals surface area (Å²) in [6, 6.07) is 4.66. The summed E-state index contributed by atoms with van der Waals surface area (Å²) in [5.74, 6) is 2.74. The van der Waals surface area contributed by atoms with Crippen LogP contribution in [0, 0.1) is 11.8 Å². The smallest absolute Gasteiger partial charge is 0.161 e. The lowest BCUT2D eigenvalue weighted by atomic mass is 9.79. The second kappa shape index (κ2) is 8.62. The average Bonchev–Trinajstić information content (AvgIpc) is 2.60. The lowest BCUT2D eigenvalue weighted by Crippen LogP contribution is -2.48. The van der Waals surface area contributed by atoms with Crippen LogP contribution in [-0.4, -0.2) is 42.4 Å². The fourth-order valence-corrected chi connectivity index (χ4v) is 4.53. The van der Waals surface area contributed by atoms with Gasteiger partial charge in [0.25, 0.3) is 0 Å². The molecule has 3 unspecified atom stereocenters. The van der Waals surface area contributed by atoms with E-state index in [0.717, 1.165) is 50.3 Å². The van der Waals surface area contributed by atoms with E-state index in [-0.39, 0.29) is 6.10 Å². The zero-order valence-electron chi connectivity index (χ0n) is 16.8. The number of ether oxygens (including phenoxy) is 2. The maximum Gasteiger partial charge on any atom is 0.161 e. The third-order valence-electron chi connectivity index (χ3n) is 5.69. The molecular formula is C22H35NO3. The van der Waals surface area contributed by atoms with E-state index in [1.807, 2.05) is 6.92 Å². The average molecular weight is 362 g/mol. The van der Waals surface area contributed by atoms with Crippen LogP contribution in [0.2, 0.25) is 0 Å². The molecule has 4 nitrogen and oxygen atoms in total. The second-order valence-electron chi connectivity index (χ2n) is 8.23. The van der Waals surface area contributed by atoms with Crippen molar-refractivity contribution in [1.82, 2.24) is 4.90 Å². The highest BCUT2D eigenvalue weighted by molar-refractivity contribution is 5.49. The van der Waals surface area contributed by atoms with Crippen molar-refractivity contribution in [3.8, 4) is 11.5 Å². The molecule has 2 aliphatic heterocycles. The van der Waals surface area contributed by atoms with Gasteiger partial charge >= 0.3 is 0 Å². The molecule has 2 aliphatic rings. The molecule has 0 amide bonds. The van der Waals surface area contributed by atoms with Crippen molar-refractivity contribution in [2.75, 3.05) is 26.3 Å². The predicted octanol–water partition coefficient (Wildman–Crippen LogP) is 4.20. The zero-order valence-corrected chi connectivity index (χ0v) is 16.8. The van der Waals surface area contributed by atoms with E-state index in [1.165, 1.54) is 11.1 Å². The molecule has 0 saturated carbocycles. The van der Waals surface area contributed by atoms with E-state index in [1.54, 1.807) is 0 Å². The van der Waals surface area contributed by atoms with Crippen molar-refractivity contribution in [3.63, 3.8) is 0 Å². The van der Waals surface area contributed by atoms with Gasteiger partial charge in [0.1, 0.15) is 0 Å². The first-order chi connectivity index (χ1) is 12.5. The summed E-state index contributed by atoms with van der Waals surface area (Å²) >= 11 is 0. The van der Waals surface area contributed by atoms with E-state index in [4.69, 9.17) is 9.47 Å². The van der Waals surface area contributed by atoms with Gasteiger partial charge in [0, 0.05) is 19.1 Å². The third-order valence-corrected chi connectivity index (χ3v) is 5.69. The van der Waals surface area contributed by atoms with Crippen LogP contribution in [0.5, 0.6) is 11.5 Å². The van der Waals surface area contributed by atoms with E-state index in [0.29, 0.717) is 31.1 Å². The van der Waals surface area contributed by atoms with E-state index in [2.05, 4.69) is 37.8 Å². The molecule has 0 spiro atoms. The Balaban J connectivity index is 1.85. The molecule has 3 atom stereocenters. The number of hydrogen-bond acceptors (Lipinski definition) is 4. The van der Waals surface area contributed by atoms with Gasteiger partial charge in [0.15, 0.2) is 11.5 Å². The summed E-state index contributed by atoms with van der Waals surface area (Å²) in [4.78, 5) is 2.58. The van der Waals surface area contributed by atoms with Crippen molar-refractivity contribution in [2.24, 2.45) is 11.8 Å². The van der Waals surface area contributed by atoms with Gasteiger partial charge < -0.3 is 14.6 Å². The van der Waals surface area contributed by atoms with Crippen LogP contribution in [0.4, 0.5) is 0 Å². The molecule has 1 N–H and O–H groups in total. The number of piperidine rings is 1. The van der Waals surface area contributed by atoms with Gasteiger partial charge in [0.05, 0.1) is 19.3 Å². The standard InChI is InChI=1S/C22H35NO3/c1-5-9-26-22-12-18-16(11-21(22)25-6-2)7-8-23-14-17(10-15(3)4)20(24)13-19(18)23/h11-12,15,17,19-20,24H,5-10,13-14H2,1-4H3. The van der Waals surface area contributed by atoms with E-state index >= 15 is 0 Å². The first kappa shape index (κ1) is 19.5. The summed E-state index contributed by atoms with van der Waals surface area (Å²) in [6.07, 6.45) is 3.74. The van der Waals surface area contributed by atoms with Crippen molar-refractivity contribution < 1.29 is 14.6 Å². The topological polar surface area (TPSA) is 41.9 Å². The Kier molecular flexibility index (Phi) is 6.46. The number of fused-ring (bicyclic) bond motifs is 3.